The van der Waals surface area contributed by atoms with Gasteiger partial charge in [0.2, 0.25) is 0 Å². The Morgan fingerprint density at radius 2 is 0.895 bits per heavy atom. The van der Waals surface area contributed by atoms with E-state index in [1.807, 2.05) is 0 Å². The average Bonchev–Trinajstić information content (AvgIpc) is 3.20. The van der Waals surface area contributed by atoms with E-state index < -0.39 is 51.8 Å². The Morgan fingerprint density at radius 3 is 1.33 bits per heavy atom. The number of unbranched alkanes of at least 4 members (excludes halogenated alkanes) is 27. The van der Waals surface area contributed by atoms with Crippen molar-refractivity contribution in [1.82, 2.24) is 0 Å². The smallest absolute Gasteiger partial charge is 0.462 e. The molecular weight excluding hydrogens is 743 g/mol. The molecular formula is C46H87O10P. The Hall–Kier alpha value is -1.55. The van der Waals surface area contributed by atoms with Gasteiger partial charge in [-0.25, -0.2) is 4.57 Å². The summed E-state index contributed by atoms with van der Waals surface area (Å²) in [6.45, 7) is 2.37. The summed E-state index contributed by atoms with van der Waals surface area (Å²) in [6, 6.07) is 0. The Bertz CT molecular complexity index is 1000. The van der Waals surface area contributed by atoms with Gasteiger partial charge in [-0.1, -0.05) is 192 Å². The van der Waals surface area contributed by atoms with Gasteiger partial charge < -0.3 is 24.6 Å². The van der Waals surface area contributed by atoms with Gasteiger partial charge in [-0.05, 0) is 38.5 Å². The van der Waals surface area contributed by atoms with E-state index in [1.165, 1.54) is 122 Å². The Labute approximate surface area is 348 Å². The largest absolute Gasteiger partial charge is 0.472 e. The standard InChI is InChI=1S/C46H87O10P/c1-3-5-7-9-11-13-15-17-19-20-21-22-24-26-28-30-32-34-36-38-46(50)56-44(42-55-57(51,52)54-40-43(48)39-47)41-53-45(49)37-35-33-31-29-27-25-23-18-16-14-12-10-8-6-4-2/h14,16,18,23,43-44,47-48H,3-13,15,17,19-22,24-42H2,1-2H3,(H,51,52)/b16-14+,23-18+/t43-,44+/m0/s1. The number of hydrogen-bond acceptors (Lipinski definition) is 9. The van der Waals surface area contributed by atoms with Crippen LogP contribution in [0.3, 0.4) is 0 Å². The molecule has 0 saturated carbocycles. The lowest BCUT2D eigenvalue weighted by Crippen LogP contribution is -2.29. The van der Waals surface area contributed by atoms with Crippen molar-refractivity contribution in [2.75, 3.05) is 26.4 Å². The zero-order valence-electron chi connectivity index (χ0n) is 36.6. The highest BCUT2D eigenvalue weighted by molar-refractivity contribution is 7.47. The van der Waals surface area contributed by atoms with E-state index in [-0.39, 0.29) is 19.4 Å². The first-order valence-corrected chi connectivity index (χ1v) is 24.8. The van der Waals surface area contributed by atoms with Crippen molar-refractivity contribution < 1.29 is 47.8 Å². The maximum absolute atomic E-state index is 12.6. The maximum Gasteiger partial charge on any atom is 0.472 e. The fraction of sp³-hybridized carbons (Fsp3) is 0.870. The van der Waals surface area contributed by atoms with Gasteiger partial charge in [0, 0.05) is 12.8 Å². The van der Waals surface area contributed by atoms with Gasteiger partial charge in [-0.2, -0.15) is 0 Å². The molecule has 0 aliphatic rings. The van der Waals surface area contributed by atoms with Gasteiger partial charge >= 0.3 is 19.8 Å². The zero-order chi connectivity index (χ0) is 41.9. The Balaban J connectivity index is 4.23. The highest BCUT2D eigenvalue weighted by Gasteiger charge is 2.27. The fourth-order valence-corrected chi connectivity index (χ4v) is 7.30. The quantitative estimate of drug-likeness (QED) is 0.0234. The molecule has 0 fully saturated rings. The molecule has 0 bridgehead atoms. The molecule has 11 heteroatoms. The van der Waals surface area contributed by atoms with Crippen molar-refractivity contribution in [3.8, 4) is 0 Å². The molecule has 0 aromatic heterocycles. The minimum absolute atomic E-state index is 0.185. The summed E-state index contributed by atoms with van der Waals surface area (Å²) in [5, 5.41) is 18.4. The minimum atomic E-state index is -4.62. The second kappa shape index (κ2) is 42.6. The molecule has 0 aromatic carbocycles. The highest BCUT2D eigenvalue weighted by Crippen LogP contribution is 2.43. The number of phosphoric acid groups is 1. The number of hydrogen-bond donors (Lipinski definition) is 3. The number of carbonyl (C=O) groups excluding carboxylic acids is 2. The van der Waals surface area contributed by atoms with Crippen LogP contribution in [0, 0.1) is 0 Å². The van der Waals surface area contributed by atoms with Crippen molar-refractivity contribution >= 4 is 19.8 Å². The van der Waals surface area contributed by atoms with Crippen LogP contribution in [0.15, 0.2) is 24.3 Å². The first kappa shape index (κ1) is 55.5. The summed E-state index contributed by atoms with van der Waals surface area (Å²) < 4.78 is 32.8. The number of aliphatic hydroxyl groups is 2. The number of ether oxygens (including phenoxy) is 2. The monoisotopic (exact) mass is 831 g/mol. The lowest BCUT2D eigenvalue weighted by atomic mass is 10.0. The van der Waals surface area contributed by atoms with E-state index in [4.69, 9.17) is 23.6 Å². The van der Waals surface area contributed by atoms with Gasteiger partial charge in [0.1, 0.15) is 12.7 Å². The molecule has 336 valence electrons. The van der Waals surface area contributed by atoms with Crippen LogP contribution in [-0.2, 0) is 32.7 Å². The number of allylic oxidation sites excluding steroid dienone is 4. The predicted octanol–water partition coefficient (Wildman–Crippen LogP) is 12.6. The van der Waals surface area contributed by atoms with E-state index in [1.54, 1.807) is 0 Å². The van der Waals surface area contributed by atoms with Crippen molar-refractivity contribution in [2.24, 2.45) is 0 Å². The van der Waals surface area contributed by atoms with E-state index in [2.05, 4.69) is 38.2 Å². The Morgan fingerprint density at radius 1 is 0.526 bits per heavy atom. The third-order valence-electron chi connectivity index (χ3n) is 10.1. The van der Waals surface area contributed by atoms with Crippen molar-refractivity contribution in [1.29, 1.82) is 0 Å². The van der Waals surface area contributed by atoms with E-state index in [0.29, 0.717) is 12.8 Å². The molecule has 0 rings (SSSR count). The lowest BCUT2D eigenvalue weighted by Gasteiger charge is -2.20. The van der Waals surface area contributed by atoms with Crippen LogP contribution in [0.1, 0.15) is 219 Å². The third kappa shape index (κ3) is 42.4. The second-order valence-corrected chi connectivity index (χ2v) is 17.3. The summed E-state index contributed by atoms with van der Waals surface area (Å²) in [4.78, 5) is 35.0. The number of aliphatic hydroxyl groups excluding tert-OH is 2. The summed E-state index contributed by atoms with van der Waals surface area (Å²) in [7, 11) is -4.62. The topological polar surface area (TPSA) is 149 Å². The molecule has 57 heavy (non-hydrogen) atoms. The highest BCUT2D eigenvalue weighted by atomic mass is 31.2. The summed E-state index contributed by atoms with van der Waals surface area (Å²) in [5.74, 6) is -0.932. The van der Waals surface area contributed by atoms with Gasteiger partial charge in [0.25, 0.3) is 0 Å². The molecule has 0 heterocycles. The molecule has 0 amide bonds. The van der Waals surface area contributed by atoms with Crippen LogP contribution in [0.25, 0.3) is 0 Å². The van der Waals surface area contributed by atoms with Gasteiger partial charge in [0.15, 0.2) is 6.10 Å². The molecule has 0 aliphatic heterocycles. The summed E-state index contributed by atoms with van der Waals surface area (Å²) in [6.07, 6.45) is 42.8. The molecule has 3 N–H and O–H groups in total. The van der Waals surface area contributed by atoms with Gasteiger partial charge in [-0.3, -0.25) is 18.6 Å². The minimum Gasteiger partial charge on any atom is -0.462 e. The molecule has 1 unspecified atom stereocenters. The molecule has 10 nitrogen and oxygen atoms in total. The predicted molar refractivity (Wildman–Crippen MR) is 233 cm³/mol. The van der Waals surface area contributed by atoms with E-state index >= 15 is 0 Å². The fourth-order valence-electron chi connectivity index (χ4n) is 6.51. The first-order valence-electron chi connectivity index (χ1n) is 23.3. The van der Waals surface area contributed by atoms with Crippen LogP contribution in [0.4, 0.5) is 0 Å². The zero-order valence-corrected chi connectivity index (χ0v) is 37.5. The SMILES string of the molecule is CCCCCC/C=C/C=C/CCCCCCCC(=O)OC[C@H](COP(=O)(O)OC[C@@H](O)CO)OC(=O)CCCCCCCCCCCCCCCCCCCCC. The van der Waals surface area contributed by atoms with Gasteiger partial charge in [0.05, 0.1) is 19.8 Å². The molecule has 3 atom stereocenters. The number of phosphoric ester groups is 1. The Kier molecular flexibility index (Phi) is 41.4. The molecule has 0 saturated heterocycles. The van der Waals surface area contributed by atoms with Gasteiger partial charge in [-0.15, -0.1) is 0 Å². The summed E-state index contributed by atoms with van der Waals surface area (Å²) >= 11 is 0. The van der Waals surface area contributed by atoms with E-state index in [0.717, 1.165) is 57.8 Å². The van der Waals surface area contributed by atoms with E-state index in [9.17, 15) is 24.2 Å². The van der Waals surface area contributed by atoms with Crippen LogP contribution in [0.2, 0.25) is 0 Å². The number of rotatable bonds is 44. The van der Waals surface area contributed by atoms with Crippen molar-refractivity contribution in [3.05, 3.63) is 24.3 Å². The van der Waals surface area contributed by atoms with Crippen LogP contribution in [0.5, 0.6) is 0 Å². The van der Waals surface area contributed by atoms with Crippen LogP contribution >= 0.6 is 7.82 Å². The van der Waals surface area contributed by atoms with Crippen LogP contribution < -0.4 is 0 Å². The summed E-state index contributed by atoms with van der Waals surface area (Å²) in [5.41, 5.74) is 0. The molecule has 0 radical (unpaired) electrons. The normalized spacial score (nSPS) is 14.0. The molecule has 0 aliphatic carbocycles. The van der Waals surface area contributed by atoms with Crippen molar-refractivity contribution in [3.63, 3.8) is 0 Å². The molecule has 0 spiro atoms. The first-order chi connectivity index (χ1) is 27.7. The van der Waals surface area contributed by atoms with Crippen LogP contribution in [-0.4, -0.2) is 65.7 Å². The second-order valence-electron chi connectivity index (χ2n) is 15.8. The van der Waals surface area contributed by atoms with Crippen molar-refractivity contribution in [2.45, 2.75) is 232 Å². The average molecular weight is 831 g/mol. The number of carbonyl (C=O) groups is 2. The number of esters is 2. The lowest BCUT2D eigenvalue weighted by molar-refractivity contribution is -0.161. The maximum atomic E-state index is 12.6. The molecule has 0 aromatic rings. The third-order valence-corrected chi connectivity index (χ3v) is 11.1.